The first-order valence-electron chi connectivity index (χ1n) is 8.76. The van der Waals surface area contributed by atoms with Gasteiger partial charge in [-0.1, -0.05) is 0 Å². The van der Waals surface area contributed by atoms with Crippen molar-refractivity contribution in [2.24, 2.45) is 0 Å². The Hall–Kier alpha value is -2.77. The molecule has 8 heteroatoms. The summed E-state index contributed by atoms with van der Waals surface area (Å²) in [4.78, 5) is 37.7. The zero-order valence-corrected chi connectivity index (χ0v) is 15.0. The zero-order chi connectivity index (χ0) is 18.7. The second-order valence-electron chi connectivity index (χ2n) is 6.77. The van der Waals surface area contributed by atoms with Crippen molar-refractivity contribution < 1.29 is 19.1 Å². The normalized spacial score (nSPS) is 19.7. The third-order valence-electron chi connectivity index (χ3n) is 4.58. The number of anilines is 1. The van der Waals surface area contributed by atoms with E-state index in [-0.39, 0.29) is 23.9 Å². The number of urea groups is 1. The predicted molar refractivity (Wildman–Crippen MR) is 96.3 cm³/mol. The van der Waals surface area contributed by atoms with Gasteiger partial charge in [-0.05, 0) is 37.5 Å². The van der Waals surface area contributed by atoms with Crippen LogP contribution in [0.25, 0.3) is 0 Å². The number of methoxy groups -OCH3 is 1. The SMILES string of the molecule is COc1ccc(C(=O)NC2CC2)cc1NC(=O)N[C@H]1CCC(=O)N(C)C1. The first-order chi connectivity index (χ1) is 12.5. The van der Waals surface area contributed by atoms with Crippen molar-refractivity contribution in [3.8, 4) is 5.75 Å². The smallest absolute Gasteiger partial charge is 0.319 e. The van der Waals surface area contributed by atoms with Crippen LogP contribution in [0.3, 0.4) is 0 Å². The lowest BCUT2D eigenvalue weighted by Crippen LogP contribution is -2.49. The van der Waals surface area contributed by atoms with Crippen molar-refractivity contribution in [3.05, 3.63) is 23.8 Å². The highest BCUT2D eigenvalue weighted by Gasteiger charge is 2.25. The Labute approximate surface area is 152 Å². The molecule has 140 valence electrons. The molecule has 1 aromatic carbocycles. The third kappa shape index (κ3) is 4.44. The molecule has 3 rings (SSSR count). The van der Waals surface area contributed by atoms with Gasteiger partial charge in [0, 0.05) is 37.7 Å². The average Bonchev–Trinajstić information content (AvgIpc) is 3.42. The molecule has 1 aliphatic heterocycles. The second-order valence-corrected chi connectivity index (χ2v) is 6.77. The maximum atomic E-state index is 12.3. The van der Waals surface area contributed by atoms with Crippen LogP contribution in [0.2, 0.25) is 0 Å². The Morgan fingerprint density at radius 3 is 2.58 bits per heavy atom. The topological polar surface area (TPSA) is 99.8 Å². The molecule has 1 aliphatic carbocycles. The summed E-state index contributed by atoms with van der Waals surface area (Å²) < 4.78 is 5.27. The molecule has 0 radical (unpaired) electrons. The largest absolute Gasteiger partial charge is 0.495 e. The first kappa shape index (κ1) is 18.0. The number of rotatable bonds is 5. The predicted octanol–water partition coefficient (Wildman–Crippen LogP) is 1.33. The minimum absolute atomic E-state index is 0.0829. The van der Waals surface area contributed by atoms with Gasteiger partial charge < -0.3 is 25.6 Å². The fourth-order valence-corrected chi connectivity index (χ4v) is 2.92. The van der Waals surface area contributed by atoms with Gasteiger partial charge in [0.25, 0.3) is 5.91 Å². The van der Waals surface area contributed by atoms with Gasteiger partial charge in [0.05, 0.1) is 12.8 Å². The Kier molecular flexibility index (Phi) is 5.29. The van der Waals surface area contributed by atoms with Gasteiger partial charge in [0.15, 0.2) is 0 Å². The number of carbonyl (C=O) groups excluding carboxylic acids is 3. The standard InChI is InChI=1S/C18H24N4O4/c1-22-10-13(6-8-16(22)23)20-18(25)21-14-9-11(3-7-15(14)26-2)17(24)19-12-4-5-12/h3,7,9,12-13H,4-6,8,10H2,1-2H3,(H,19,24)(H2,20,21,25)/t13-/m0/s1. The van der Waals surface area contributed by atoms with E-state index in [4.69, 9.17) is 4.74 Å². The second kappa shape index (κ2) is 7.63. The van der Waals surface area contributed by atoms with Gasteiger partial charge in [0.2, 0.25) is 5.91 Å². The lowest BCUT2D eigenvalue weighted by molar-refractivity contribution is -0.132. The number of benzene rings is 1. The monoisotopic (exact) mass is 360 g/mol. The quantitative estimate of drug-likeness (QED) is 0.737. The summed E-state index contributed by atoms with van der Waals surface area (Å²) >= 11 is 0. The van der Waals surface area contributed by atoms with Gasteiger partial charge in [-0.3, -0.25) is 9.59 Å². The first-order valence-corrected chi connectivity index (χ1v) is 8.76. The minimum Gasteiger partial charge on any atom is -0.495 e. The summed E-state index contributed by atoms with van der Waals surface area (Å²) in [6.45, 7) is 0.479. The fourth-order valence-electron chi connectivity index (χ4n) is 2.92. The van der Waals surface area contributed by atoms with Gasteiger partial charge in [-0.15, -0.1) is 0 Å². The molecule has 1 atom stereocenters. The lowest BCUT2D eigenvalue weighted by Gasteiger charge is -2.30. The Morgan fingerprint density at radius 2 is 1.92 bits per heavy atom. The van der Waals surface area contributed by atoms with Crippen molar-refractivity contribution >= 4 is 23.5 Å². The number of likely N-dealkylation sites (N-methyl/N-ethyl adjacent to an activating group) is 1. The van der Waals surface area contributed by atoms with Crippen LogP contribution in [0, 0.1) is 0 Å². The van der Waals surface area contributed by atoms with E-state index in [9.17, 15) is 14.4 Å². The number of carbonyl (C=O) groups is 3. The van der Waals surface area contributed by atoms with Crippen molar-refractivity contribution in [2.75, 3.05) is 26.0 Å². The molecule has 0 bridgehead atoms. The number of ether oxygens (including phenoxy) is 1. The third-order valence-corrected chi connectivity index (χ3v) is 4.58. The molecule has 2 aliphatic rings. The molecule has 3 N–H and O–H groups in total. The highest BCUT2D eigenvalue weighted by Crippen LogP contribution is 2.26. The van der Waals surface area contributed by atoms with Crippen LogP contribution >= 0.6 is 0 Å². The average molecular weight is 360 g/mol. The summed E-state index contributed by atoms with van der Waals surface area (Å²) in [6, 6.07) is 4.69. The summed E-state index contributed by atoms with van der Waals surface area (Å²) in [5.41, 5.74) is 0.893. The van der Waals surface area contributed by atoms with Crippen LogP contribution in [-0.4, -0.2) is 55.5 Å². The van der Waals surface area contributed by atoms with E-state index < -0.39 is 6.03 Å². The van der Waals surface area contributed by atoms with E-state index in [1.165, 1.54) is 7.11 Å². The maximum absolute atomic E-state index is 12.3. The molecule has 2 fully saturated rings. The van der Waals surface area contributed by atoms with Gasteiger partial charge in [0.1, 0.15) is 5.75 Å². The van der Waals surface area contributed by atoms with E-state index >= 15 is 0 Å². The Balaban J connectivity index is 1.64. The number of nitrogens with one attached hydrogen (secondary N) is 3. The van der Waals surface area contributed by atoms with Crippen LogP contribution in [0.15, 0.2) is 18.2 Å². The van der Waals surface area contributed by atoms with Gasteiger partial charge in [-0.25, -0.2) is 4.79 Å². The van der Waals surface area contributed by atoms with Crippen molar-refractivity contribution in [3.63, 3.8) is 0 Å². The number of piperidine rings is 1. The minimum atomic E-state index is -0.393. The molecular formula is C18H24N4O4. The van der Waals surface area contributed by atoms with Crippen LogP contribution in [0.5, 0.6) is 5.75 Å². The number of amides is 4. The van der Waals surface area contributed by atoms with Crippen LogP contribution < -0.4 is 20.7 Å². The molecular weight excluding hydrogens is 336 g/mol. The molecule has 1 heterocycles. The van der Waals surface area contributed by atoms with Crippen LogP contribution in [0.1, 0.15) is 36.0 Å². The van der Waals surface area contributed by atoms with Gasteiger partial charge >= 0.3 is 6.03 Å². The van der Waals surface area contributed by atoms with Crippen LogP contribution in [0.4, 0.5) is 10.5 Å². The molecule has 0 spiro atoms. The van der Waals surface area contributed by atoms with E-state index in [1.807, 2.05) is 0 Å². The highest BCUT2D eigenvalue weighted by molar-refractivity contribution is 5.98. The molecule has 1 saturated heterocycles. The van der Waals surface area contributed by atoms with Gasteiger partial charge in [-0.2, -0.15) is 0 Å². The summed E-state index contributed by atoms with van der Waals surface area (Å²) in [5.74, 6) is 0.393. The molecule has 1 saturated carbocycles. The van der Waals surface area contributed by atoms with Crippen molar-refractivity contribution in [1.82, 2.24) is 15.5 Å². The number of hydrogen-bond acceptors (Lipinski definition) is 4. The van der Waals surface area contributed by atoms with E-state index in [0.717, 1.165) is 12.8 Å². The van der Waals surface area contributed by atoms with E-state index in [0.29, 0.717) is 36.4 Å². The summed E-state index contributed by atoms with van der Waals surface area (Å²) in [6.07, 6.45) is 3.04. The Morgan fingerprint density at radius 1 is 1.15 bits per heavy atom. The van der Waals surface area contributed by atoms with Crippen molar-refractivity contribution in [1.29, 1.82) is 0 Å². The summed E-state index contributed by atoms with van der Waals surface area (Å²) in [7, 11) is 3.23. The molecule has 1 aromatic rings. The molecule has 26 heavy (non-hydrogen) atoms. The number of nitrogens with zero attached hydrogens (tertiary/aromatic N) is 1. The number of hydrogen-bond donors (Lipinski definition) is 3. The molecule has 8 nitrogen and oxygen atoms in total. The zero-order valence-electron chi connectivity index (χ0n) is 15.0. The molecule has 4 amide bonds. The van der Waals surface area contributed by atoms with Crippen LogP contribution in [-0.2, 0) is 4.79 Å². The van der Waals surface area contributed by atoms with E-state index in [2.05, 4.69) is 16.0 Å². The van der Waals surface area contributed by atoms with Crippen molar-refractivity contribution in [2.45, 2.75) is 37.8 Å². The van der Waals surface area contributed by atoms with E-state index in [1.54, 1.807) is 30.1 Å². The number of likely N-dealkylation sites (tertiary alicyclic amines) is 1. The fraction of sp³-hybridized carbons (Fsp3) is 0.500. The molecule has 0 unspecified atom stereocenters. The summed E-state index contributed by atoms with van der Waals surface area (Å²) in [5, 5.41) is 8.52. The Bertz CT molecular complexity index is 717. The lowest BCUT2D eigenvalue weighted by atomic mass is 10.1. The molecule has 0 aromatic heterocycles. The highest BCUT2D eigenvalue weighted by atomic mass is 16.5. The maximum Gasteiger partial charge on any atom is 0.319 e.